The van der Waals surface area contributed by atoms with E-state index in [1.807, 2.05) is 24.3 Å². The number of aromatic nitrogens is 1. The number of nitrogen functional groups attached to an aromatic ring is 1. The first-order valence-electron chi connectivity index (χ1n) is 6.53. The summed E-state index contributed by atoms with van der Waals surface area (Å²) in [6, 6.07) is 7.63. The lowest BCUT2D eigenvalue weighted by Gasteiger charge is -2.32. The van der Waals surface area contributed by atoms with E-state index in [-0.39, 0.29) is 6.04 Å². The lowest BCUT2D eigenvalue weighted by atomic mass is 10.00. The Kier molecular flexibility index (Phi) is 2.81. The van der Waals surface area contributed by atoms with Crippen molar-refractivity contribution in [3.8, 4) is 0 Å². The number of H-pyrrole nitrogens is 1. The number of anilines is 1. The Morgan fingerprint density at radius 2 is 2.21 bits per heavy atom. The number of nitrogens with zero attached hydrogens (tertiary/aromatic N) is 1. The van der Waals surface area contributed by atoms with Gasteiger partial charge in [-0.1, -0.05) is 0 Å². The summed E-state index contributed by atoms with van der Waals surface area (Å²) >= 11 is 0. The number of rotatable bonds is 1. The van der Waals surface area contributed by atoms with Gasteiger partial charge < -0.3 is 15.8 Å². The summed E-state index contributed by atoms with van der Waals surface area (Å²) in [6.07, 6.45) is 2.03. The average molecular weight is 259 g/mol. The third-order valence-electron chi connectivity index (χ3n) is 3.77. The van der Waals surface area contributed by atoms with Gasteiger partial charge >= 0.3 is 6.09 Å². The second-order valence-electron chi connectivity index (χ2n) is 5.06. The zero-order chi connectivity index (χ0) is 13.4. The summed E-state index contributed by atoms with van der Waals surface area (Å²) in [5, 5.41) is 10.3. The molecule has 1 amide bonds. The van der Waals surface area contributed by atoms with Crippen LogP contribution in [-0.4, -0.2) is 27.6 Å². The van der Waals surface area contributed by atoms with E-state index < -0.39 is 6.09 Å². The van der Waals surface area contributed by atoms with E-state index >= 15 is 0 Å². The Bertz CT molecular complexity index is 620. The molecule has 0 bridgehead atoms. The maximum absolute atomic E-state index is 11.3. The molecule has 5 heteroatoms. The predicted molar refractivity (Wildman–Crippen MR) is 74.0 cm³/mol. The van der Waals surface area contributed by atoms with Crippen LogP contribution in [0, 0.1) is 0 Å². The van der Waals surface area contributed by atoms with Crippen LogP contribution in [0.1, 0.15) is 31.0 Å². The number of piperidine rings is 1. The van der Waals surface area contributed by atoms with Gasteiger partial charge in [-0.15, -0.1) is 0 Å². The van der Waals surface area contributed by atoms with Gasteiger partial charge in [0.1, 0.15) is 0 Å². The standard InChI is InChI=1S/C14H17N3O2/c15-10-4-5-11-9(7-10)8-12(16-11)13-3-1-2-6-17(13)14(18)19/h4-5,7-8,13,16H,1-3,6,15H2,(H,18,19)/t13-/m0/s1. The monoisotopic (exact) mass is 259 g/mol. The molecule has 1 aromatic carbocycles. The third kappa shape index (κ3) is 2.12. The second-order valence-corrected chi connectivity index (χ2v) is 5.06. The van der Waals surface area contributed by atoms with E-state index in [0.29, 0.717) is 6.54 Å². The van der Waals surface area contributed by atoms with E-state index in [1.165, 1.54) is 4.90 Å². The lowest BCUT2D eigenvalue weighted by molar-refractivity contribution is 0.105. The number of nitrogens with two attached hydrogens (primary N) is 1. The summed E-state index contributed by atoms with van der Waals surface area (Å²) in [6.45, 7) is 0.609. The first kappa shape index (κ1) is 11.9. The highest BCUT2D eigenvalue weighted by Crippen LogP contribution is 2.32. The summed E-state index contributed by atoms with van der Waals surface area (Å²) in [4.78, 5) is 16.1. The molecule has 1 saturated heterocycles. The van der Waals surface area contributed by atoms with Crippen LogP contribution < -0.4 is 5.73 Å². The molecule has 2 aromatic rings. The fourth-order valence-electron chi connectivity index (χ4n) is 2.84. The van der Waals surface area contributed by atoms with Crippen molar-refractivity contribution in [2.75, 3.05) is 12.3 Å². The third-order valence-corrected chi connectivity index (χ3v) is 3.77. The molecule has 0 radical (unpaired) electrons. The zero-order valence-corrected chi connectivity index (χ0v) is 10.6. The molecule has 0 aliphatic carbocycles. The molecule has 1 atom stereocenters. The van der Waals surface area contributed by atoms with Crippen LogP contribution in [0.15, 0.2) is 24.3 Å². The molecule has 1 aromatic heterocycles. The number of aromatic amines is 1. The minimum Gasteiger partial charge on any atom is -0.465 e. The molecule has 4 N–H and O–H groups in total. The number of nitrogens with one attached hydrogen (secondary N) is 1. The number of amides is 1. The fraction of sp³-hybridized carbons (Fsp3) is 0.357. The van der Waals surface area contributed by atoms with Gasteiger partial charge in [0.2, 0.25) is 0 Å². The van der Waals surface area contributed by atoms with Crippen LogP contribution in [0.2, 0.25) is 0 Å². The number of benzene rings is 1. The fourth-order valence-corrected chi connectivity index (χ4v) is 2.84. The smallest absolute Gasteiger partial charge is 0.407 e. The van der Waals surface area contributed by atoms with Crippen LogP contribution in [0.5, 0.6) is 0 Å². The van der Waals surface area contributed by atoms with E-state index in [4.69, 9.17) is 5.73 Å². The number of carboxylic acid groups (broad SMARTS) is 1. The highest BCUT2D eigenvalue weighted by molar-refractivity contribution is 5.83. The van der Waals surface area contributed by atoms with Crippen LogP contribution in [0.3, 0.4) is 0 Å². The highest BCUT2D eigenvalue weighted by Gasteiger charge is 2.28. The quantitative estimate of drug-likeness (QED) is 0.688. The van der Waals surface area contributed by atoms with Crippen LogP contribution in [0.25, 0.3) is 10.9 Å². The van der Waals surface area contributed by atoms with Crippen molar-refractivity contribution in [2.24, 2.45) is 0 Å². The van der Waals surface area contributed by atoms with Crippen molar-refractivity contribution in [1.29, 1.82) is 0 Å². The molecule has 5 nitrogen and oxygen atoms in total. The van der Waals surface area contributed by atoms with Gasteiger partial charge in [-0.05, 0) is 43.5 Å². The number of hydrogen-bond donors (Lipinski definition) is 3. The van der Waals surface area contributed by atoms with Gasteiger partial charge in [0, 0.05) is 28.8 Å². The van der Waals surface area contributed by atoms with Crippen molar-refractivity contribution in [1.82, 2.24) is 9.88 Å². The predicted octanol–water partition coefficient (Wildman–Crippen LogP) is 2.96. The van der Waals surface area contributed by atoms with E-state index in [2.05, 4.69) is 4.98 Å². The zero-order valence-electron chi connectivity index (χ0n) is 10.6. The molecule has 1 aliphatic heterocycles. The Hall–Kier alpha value is -2.17. The summed E-state index contributed by atoms with van der Waals surface area (Å²) in [5.74, 6) is 0. The summed E-state index contributed by atoms with van der Waals surface area (Å²) in [7, 11) is 0. The van der Waals surface area contributed by atoms with E-state index in [1.54, 1.807) is 0 Å². The average Bonchev–Trinajstić information content (AvgIpc) is 2.81. The molecular weight excluding hydrogens is 242 g/mol. The molecule has 0 unspecified atom stereocenters. The van der Waals surface area contributed by atoms with Crippen molar-refractivity contribution in [3.63, 3.8) is 0 Å². The number of fused-ring (bicyclic) bond motifs is 1. The normalized spacial score (nSPS) is 19.8. The molecular formula is C14H17N3O2. The van der Waals surface area contributed by atoms with Gasteiger partial charge in [-0.3, -0.25) is 4.90 Å². The minimum atomic E-state index is -0.845. The van der Waals surface area contributed by atoms with Gasteiger partial charge in [0.05, 0.1) is 6.04 Å². The van der Waals surface area contributed by atoms with Gasteiger partial charge in [0.25, 0.3) is 0 Å². The minimum absolute atomic E-state index is 0.0696. The van der Waals surface area contributed by atoms with Crippen LogP contribution in [-0.2, 0) is 0 Å². The number of carbonyl (C=O) groups is 1. The molecule has 19 heavy (non-hydrogen) atoms. The van der Waals surface area contributed by atoms with Crippen LogP contribution >= 0.6 is 0 Å². The maximum Gasteiger partial charge on any atom is 0.407 e. The second kappa shape index (κ2) is 4.50. The Morgan fingerprint density at radius 3 is 3.00 bits per heavy atom. The van der Waals surface area contributed by atoms with Gasteiger partial charge in [-0.2, -0.15) is 0 Å². The number of likely N-dealkylation sites (tertiary alicyclic amines) is 1. The maximum atomic E-state index is 11.3. The summed E-state index contributed by atoms with van der Waals surface area (Å²) in [5.41, 5.74) is 8.45. The Labute approximate surface area is 111 Å². The van der Waals surface area contributed by atoms with Gasteiger partial charge in [0.15, 0.2) is 0 Å². The Morgan fingerprint density at radius 1 is 1.37 bits per heavy atom. The first-order valence-corrected chi connectivity index (χ1v) is 6.53. The van der Waals surface area contributed by atoms with Gasteiger partial charge in [-0.25, -0.2) is 4.79 Å². The molecule has 1 fully saturated rings. The first-order chi connectivity index (χ1) is 9.15. The van der Waals surface area contributed by atoms with E-state index in [9.17, 15) is 9.90 Å². The number of hydrogen-bond acceptors (Lipinski definition) is 2. The van der Waals surface area contributed by atoms with Crippen LogP contribution in [0.4, 0.5) is 10.5 Å². The molecule has 100 valence electrons. The van der Waals surface area contributed by atoms with Crippen molar-refractivity contribution < 1.29 is 9.90 Å². The lowest BCUT2D eigenvalue weighted by Crippen LogP contribution is -2.37. The largest absolute Gasteiger partial charge is 0.465 e. The van der Waals surface area contributed by atoms with E-state index in [0.717, 1.165) is 41.5 Å². The van der Waals surface area contributed by atoms with Crippen molar-refractivity contribution in [2.45, 2.75) is 25.3 Å². The highest BCUT2D eigenvalue weighted by atomic mass is 16.4. The molecule has 0 saturated carbocycles. The topological polar surface area (TPSA) is 82.4 Å². The molecule has 0 spiro atoms. The molecule has 2 heterocycles. The molecule has 1 aliphatic rings. The van der Waals surface area contributed by atoms with Crippen molar-refractivity contribution in [3.05, 3.63) is 30.0 Å². The Balaban J connectivity index is 1.99. The SMILES string of the molecule is Nc1ccc2[nH]c([C@@H]3CCCCN3C(=O)O)cc2c1. The summed E-state index contributed by atoms with van der Waals surface area (Å²) < 4.78 is 0. The van der Waals surface area contributed by atoms with Crippen molar-refractivity contribution >= 4 is 22.7 Å². The molecule has 3 rings (SSSR count).